The van der Waals surface area contributed by atoms with Gasteiger partial charge in [0.1, 0.15) is 46.8 Å². The molecule has 8 atom stereocenters. The van der Waals surface area contributed by atoms with Crippen molar-refractivity contribution in [1.82, 2.24) is 0 Å². The molecule has 1 unspecified atom stereocenters. The lowest BCUT2D eigenvalue weighted by Crippen LogP contribution is -2.49. The largest absolute Gasteiger partial charge is 0.507 e. The molecule has 3 aliphatic rings. The molecule has 0 saturated carbocycles. The molecule has 77 heavy (non-hydrogen) atoms. The lowest BCUT2D eigenvalue weighted by molar-refractivity contribution is -0.259. The van der Waals surface area contributed by atoms with Crippen LogP contribution in [0.2, 0.25) is 0 Å². The topological polar surface area (TPSA) is 223 Å². The predicted molar refractivity (Wildman–Crippen MR) is 295 cm³/mol. The fourth-order valence-corrected chi connectivity index (χ4v) is 10.7. The zero-order valence-electron chi connectivity index (χ0n) is 48.1. The number of rotatable bonds is 13. The zero-order valence-corrected chi connectivity index (χ0v) is 48.1. The summed E-state index contributed by atoms with van der Waals surface area (Å²) in [6, 6.07) is 20.6. The van der Waals surface area contributed by atoms with Gasteiger partial charge in [0.2, 0.25) is 5.78 Å². The Balaban J connectivity index is 0.000000263. The number of phenolic OH excluding ortho intramolecular Hbond substituents is 2. The molecule has 1 fully saturated rings. The van der Waals surface area contributed by atoms with Crippen LogP contribution in [0, 0.1) is 28.1 Å². The number of methoxy groups -OCH3 is 2. The molecule has 0 radical (unpaired) electrons. The van der Waals surface area contributed by atoms with Crippen LogP contribution < -0.4 is 9.47 Å². The third kappa shape index (κ3) is 14.3. The Kier molecular flexibility index (Phi) is 19.7. The van der Waals surface area contributed by atoms with Gasteiger partial charge in [-0.15, -0.1) is 0 Å². The number of aliphatic hydroxyl groups is 3. The fourth-order valence-electron chi connectivity index (χ4n) is 10.7. The number of carbonyl (C=O) groups excluding carboxylic acids is 5. The van der Waals surface area contributed by atoms with E-state index >= 15 is 0 Å². The van der Waals surface area contributed by atoms with Crippen molar-refractivity contribution in [2.75, 3.05) is 20.8 Å². The Morgan fingerprint density at radius 1 is 0.740 bits per heavy atom. The Morgan fingerprint density at radius 3 is 1.75 bits per heavy atom. The molecule has 420 valence electrons. The standard InChI is InChI=1S/C32H38O11.C17H26O.C14H20O2/c1-14-26(35)15(10-31(2,3)4)9-21(42-14)43-19-12-32(40,20(34)13-33)11-17-23(19)30(39)25-24(28(17)37)27(36)16-7-6-8-18(41-5)22(16)29(25)38;1-12(2)11-14-7-9-15(10-8-14)13(3)16(18)17(4,5)6;1-10(13(15)14(2,3)4)11-6-8-12(16-5)9-7-11/h6-8,14-15,19,21,26,33,35,37,39-40H,9-13H2,1-5H3;7-10,12-13H,11H2,1-6H3;6-10H,1-5H3/t14-,15+,19-,21-,26+,32-;;10-/m0.1/s1. The summed E-state index contributed by atoms with van der Waals surface area (Å²) in [5.41, 5.74) is -0.611. The Bertz CT molecular complexity index is 2770. The Labute approximate surface area is 455 Å². The molecule has 0 spiro atoms. The van der Waals surface area contributed by atoms with Gasteiger partial charge in [0.15, 0.2) is 17.9 Å². The molecule has 5 N–H and O–H groups in total. The van der Waals surface area contributed by atoms with E-state index in [-0.39, 0.29) is 74.2 Å². The number of hydrogen-bond acceptors (Lipinski definition) is 14. The normalized spacial score (nSPS) is 21.9. The minimum atomic E-state index is -2.22. The van der Waals surface area contributed by atoms with Crippen LogP contribution in [0.4, 0.5) is 0 Å². The molecule has 0 amide bonds. The molecule has 1 aliphatic heterocycles. The lowest BCUT2D eigenvalue weighted by Gasteiger charge is -2.43. The molecular weight excluding hydrogens is 981 g/mol. The summed E-state index contributed by atoms with van der Waals surface area (Å²) in [6.45, 7) is 27.1. The van der Waals surface area contributed by atoms with Crippen molar-refractivity contribution in [2.24, 2.45) is 28.1 Å². The first kappa shape index (κ1) is 62.1. The first-order valence-corrected chi connectivity index (χ1v) is 26.7. The molecule has 4 aromatic rings. The van der Waals surface area contributed by atoms with Crippen LogP contribution in [0.15, 0.2) is 66.7 Å². The van der Waals surface area contributed by atoms with Crippen molar-refractivity contribution in [2.45, 2.75) is 171 Å². The van der Waals surface area contributed by atoms with Crippen molar-refractivity contribution >= 4 is 28.9 Å². The number of Topliss-reactive ketones (excluding diaryl/α,β-unsaturated/α-hetero) is 3. The highest BCUT2D eigenvalue weighted by atomic mass is 16.7. The predicted octanol–water partition coefficient (Wildman–Crippen LogP) is 10.7. The average Bonchev–Trinajstić information content (AvgIpc) is 3.36. The quantitative estimate of drug-likeness (QED) is 0.0692. The maximum Gasteiger partial charge on any atom is 0.202 e. The smallest absolute Gasteiger partial charge is 0.202 e. The molecule has 7 rings (SSSR count). The Hall–Kier alpha value is -5.77. The van der Waals surface area contributed by atoms with E-state index in [0.29, 0.717) is 18.1 Å². The summed E-state index contributed by atoms with van der Waals surface area (Å²) >= 11 is 0. The fraction of sp³-hybridized carbons (Fsp3) is 0.540. The second kappa shape index (κ2) is 24.5. The maximum atomic E-state index is 13.8. The number of aromatic hydroxyl groups is 2. The Morgan fingerprint density at radius 2 is 1.27 bits per heavy atom. The highest BCUT2D eigenvalue weighted by Gasteiger charge is 2.50. The SMILES string of the molecule is CC(C)Cc1ccc(C(C)C(=O)C(C)(C)C)cc1.COc1ccc([C@@H](C)C(=O)C(C)(C)C)cc1.COc1cccc2c1C(=O)c1c(O)c3c(c(O)c1C2=O)C[C@@](O)(C(=O)CO)C[C@@H]3O[C@H]1C[C@H](CC(C)(C)C)[C@H](O)[C@H](C)O1. The van der Waals surface area contributed by atoms with Crippen molar-refractivity contribution in [3.63, 3.8) is 0 Å². The van der Waals surface area contributed by atoms with Crippen LogP contribution in [0.25, 0.3) is 0 Å². The average molecular weight is 1070 g/mol. The second-order valence-electron chi connectivity index (χ2n) is 24.8. The van der Waals surface area contributed by atoms with Gasteiger partial charge >= 0.3 is 0 Å². The van der Waals surface area contributed by atoms with Crippen LogP contribution >= 0.6 is 0 Å². The van der Waals surface area contributed by atoms with Gasteiger partial charge in [0.05, 0.1) is 49.2 Å². The first-order chi connectivity index (χ1) is 35.7. The lowest BCUT2D eigenvalue weighted by atomic mass is 9.72. The van der Waals surface area contributed by atoms with Gasteiger partial charge in [-0.1, -0.05) is 139 Å². The summed E-state index contributed by atoms with van der Waals surface area (Å²) < 4.78 is 22.6. The molecule has 2 aliphatic carbocycles. The summed E-state index contributed by atoms with van der Waals surface area (Å²) in [5.74, 6) is -1.88. The van der Waals surface area contributed by atoms with E-state index in [1.54, 1.807) is 14.0 Å². The van der Waals surface area contributed by atoms with Gasteiger partial charge in [-0.25, -0.2) is 0 Å². The molecule has 14 heteroatoms. The van der Waals surface area contributed by atoms with Crippen molar-refractivity contribution in [1.29, 1.82) is 0 Å². The van der Waals surface area contributed by atoms with Gasteiger partial charge < -0.3 is 44.5 Å². The molecular formula is C63H84O14. The van der Waals surface area contributed by atoms with Gasteiger partial charge in [-0.3, -0.25) is 24.0 Å². The highest BCUT2D eigenvalue weighted by molar-refractivity contribution is 6.31. The van der Waals surface area contributed by atoms with Crippen LogP contribution in [0.1, 0.15) is 194 Å². The summed E-state index contributed by atoms with van der Waals surface area (Å²) in [4.78, 5) is 64.5. The van der Waals surface area contributed by atoms with E-state index in [0.717, 1.165) is 23.3 Å². The van der Waals surface area contributed by atoms with E-state index in [1.807, 2.05) is 100 Å². The maximum absolute atomic E-state index is 13.8. The van der Waals surface area contributed by atoms with Crippen LogP contribution in [0.3, 0.4) is 0 Å². The second-order valence-corrected chi connectivity index (χ2v) is 24.8. The molecule has 1 heterocycles. The number of ketones is 5. The van der Waals surface area contributed by atoms with Crippen molar-refractivity contribution in [3.05, 3.63) is 117 Å². The third-order valence-electron chi connectivity index (χ3n) is 14.8. The molecule has 0 bridgehead atoms. The van der Waals surface area contributed by atoms with Crippen molar-refractivity contribution in [3.8, 4) is 23.0 Å². The number of ether oxygens (including phenoxy) is 4. The summed E-state index contributed by atoms with van der Waals surface area (Å²) in [5, 5.41) is 55.0. The van der Waals surface area contributed by atoms with Gasteiger partial charge in [-0.2, -0.15) is 0 Å². The first-order valence-electron chi connectivity index (χ1n) is 26.7. The van der Waals surface area contributed by atoms with Gasteiger partial charge in [-0.05, 0) is 71.9 Å². The highest BCUT2D eigenvalue weighted by Crippen LogP contribution is 2.53. The minimum Gasteiger partial charge on any atom is -0.507 e. The molecule has 14 nitrogen and oxygen atoms in total. The monoisotopic (exact) mass is 1060 g/mol. The van der Waals surface area contributed by atoms with E-state index in [2.05, 4.69) is 38.1 Å². The number of aliphatic hydroxyl groups excluding tert-OH is 2. The number of carbonyl (C=O) groups is 5. The van der Waals surface area contributed by atoms with E-state index < -0.39 is 89.6 Å². The zero-order chi connectivity index (χ0) is 57.9. The van der Waals surface area contributed by atoms with Gasteiger partial charge in [0, 0.05) is 58.6 Å². The minimum absolute atomic E-state index is 0.0156. The van der Waals surface area contributed by atoms with E-state index in [9.17, 15) is 49.5 Å². The van der Waals surface area contributed by atoms with Crippen LogP contribution in [-0.2, 0) is 36.7 Å². The number of phenols is 2. The molecule has 4 aromatic carbocycles. The number of fused-ring (bicyclic) bond motifs is 3. The number of benzene rings is 4. The molecule has 1 saturated heterocycles. The number of hydrogen-bond donors (Lipinski definition) is 5. The third-order valence-corrected chi connectivity index (χ3v) is 14.8. The summed E-state index contributed by atoms with van der Waals surface area (Å²) in [6.07, 6.45) is -2.64. The van der Waals surface area contributed by atoms with Crippen molar-refractivity contribution < 1.29 is 68.5 Å². The van der Waals surface area contributed by atoms with Crippen LogP contribution in [0.5, 0.6) is 23.0 Å². The molecule has 0 aromatic heterocycles. The summed E-state index contributed by atoms with van der Waals surface area (Å²) in [7, 11) is 2.98. The van der Waals surface area contributed by atoms with Crippen LogP contribution in [-0.4, -0.2) is 99.4 Å². The van der Waals surface area contributed by atoms with E-state index in [4.69, 9.17) is 18.9 Å². The van der Waals surface area contributed by atoms with Gasteiger partial charge in [0.25, 0.3) is 0 Å². The van der Waals surface area contributed by atoms with E-state index in [1.165, 1.54) is 30.9 Å².